The summed E-state index contributed by atoms with van der Waals surface area (Å²) in [6, 6.07) is 1.25. The van der Waals surface area contributed by atoms with Crippen molar-refractivity contribution in [3.63, 3.8) is 0 Å². The number of nitrogens with zero attached hydrogens (tertiary/aromatic N) is 1. The first-order valence-electron chi connectivity index (χ1n) is 3.21. The molecule has 0 saturated heterocycles. The smallest absolute Gasteiger partial charge is 0.423 e. The Morgan fingerprint density at radius 1 is 1.58 bits per heavy atom. The molecule has 3 nitrogen and oxygen atoms in total. The number of halogens is 2. The van der Waals surface area contributed by atoms with Crippen LogP contribution in [0.5, 0.6) is 0 Å². The molecule has 0 aromatic carbocycles. The van der Waals surface area contributed by atoms with Gasteiger partial charge in [-0.2, -0.15) is 4.39 Å². The van der Waals surface area contributed by atoms with Gasteiger partial charge in [-0.3, -0.25) is 0 Å². The highest BCUT2D eigenvalue weighted by Gasteiger charge is 2.17. The zero-order valence-electron chi connectivity index (χ0n) is 6.25. The van der Waals surface area contributed by atoms with Crippen molar-refractivity contribution in [1.82, 2.24) is 4.98 Å². The van der Waals surface area contributed by atoms with Gasteiger partial charge in [0.05, 0.1) is 0 Å². The normalized spacial score (nSPS) is 10.1. The summed E-state index contributed by atoms with van der Waals surface area (Å²) in [5, 5.41) is 17.2. The second-order valence-corrected chi connectivity index (χ2v) is 2.71. The van der Waals surface area contributed by atoms with Crippen molar-refractivity contribution < 1.29 is 14.4 Å². The molecule has 0 atom stereocenters. The van der Waals surface area contributed by atoms with Crippen molar-refractivity contribution in [2.24, 2.45) is 0 Å². The molecule has 0 unspecified atom stereocenters. The van der Waals surface area contributed by atoms with Crippen LogP contribution < -0.4 is 5.46 Å². The topological polar surface area (TPSA) is 53.4 Å². The molecule has 12 heavy (non-hydrogen) atoms. The van der Waals surface area contributed by atoms with Crippen molar-refractivity contribution in [2.45, 2.75) is 6.92 Å². The Labute approximate surface area is 74.0 Å². The molecule has 64 valence electrons. The van der Waals surface area contributed by atoms with Crippen LogP contribution in [0.2, 0.25) is 5.15 Å². The molecule has 2 N–H and O–H groups in total. The van der Waals surface area contributed by atoms with Crippen LogP contribution in [0.1, 0.15) is 5.56 Å². The van der Waals surface area contributed by atoms with Crippen molar-refractivity contribution in [3.8, 4) is 0 Å². The average molecular weight is 189 g/mol. The molecule has 1 rings (SSSR count). The number of pyridine rings is 1. The van der Waals surface area contributed by atoms with Gasteiger partial charge in [-0.1, -0.05) is 17.7 Å². The second-order valence-electron chi connectivity index (χ2n) is 2.35. The van der Waals surface area contributed by atoms with E-state index in [9.17, 15) is 4.39 Å². The van der Waals surface area contributed by atoms with Gasteiger partial charge in [-0.25, -0.2) is 4.98 Å². The van der Waals surface area contributed by atoms with Crippen LogP contribution in [0.15, 0.2) is 6.07 Å². The predicted molar refractivity (Wildman–Crippen MR) is 43.8 cm³/mol. The van der Waals surface area contributed by atoms with E-state index in [-0.39, 0.29) is 16.2 Å². The minimum Gasteiger partial charge on any atom is -0.423 e. The summed E-state index contributed by atoms with van der Waals surface area (Å²) in [7, 11) is -1.72. The first kappa shape index (κ1) is 9.44. The Bertz CT molecular complexity index is 308. The van der Waals surface area contributed by atoms with E-state index < -0.39 is 13.1 Å². The fourth-order valence-electron chi connectivity index (χ4n) is 0.772. The third-order valence-electron chi connectivity index (χ3n) is 1.41. The number of hydrogen-bond acceptors (Lipinski definition) is 3. The van der Waals surface area contributed by atoms with Gasteiger partial charge in [-0.15, -0.1) is 0 Å². The molecule has 1 heterocycles. The summed E-state index contributed by atoms with van der Waals surface area (Å²) in [4.78, 5) is 3.27. The number of rotatable bonds is 1. The molecular weight excluding hydrogens is 183 g/mol. The molecule has 0 bridgehead atoms. The lowest BCUT2D eigenvalue weighted by Gasteiger charge is -2.03. The molecular formula is C6H6BClFNO2. The highest BCUT2D eigenvalue weighted by molar-refractivity contribution is 6.62. The Morgan fingerprint density at radius 2 is 2.17 bits per heavy atom. The number of hydrogen-bond donors (Lipinski definition) is 2. The Morgan fingerprint density at radius 3 is 2.67 bits per heavy atom. The molecule has 1 aromatic heterocycles. The van der Waals surface area contributed by atoms with Crippen LogP contribution in [0.4, 0.5) is 4.39 Å². The monoisotopic (exact) mass is 189 g/mol. The molecule has 0 aliphatic rings. The van der Waals surface area contributed by atoms with Gasteiger partial charge in [0.2, 0.25) is 5.95 Å². The summed E-state index contributed by atoms with van der Waals surface area (Å²) >= 11 is 5.43. The Balaban J connectivity index is 3.23. The average Bonchev–Trinajstić information content (AvgIpc) is 1.96. The van der Waals surface area contributed by atoms with Crippen molar-refractivity contribution in [2.75, 3.05) is 0 Å². The van der Waals surface area contributed by atoms with E-state index >= 15 is 0 Å². The molecule has 0 amide bonds. The zero-order chi connectivity index (χ0) is 9.30. The standard InChI is InChI=1S/C6H6BClFNO2/c1-3-2-4(7(11)12)5(8)10-6(3)9/h2,11-12H,1H3. The summed E-state index contributed by atoms with van der Waals surface area (Å²) in [6.07, 6.45) is 0. The van der Waals surface area contributed by atoms with Gasteiger partial charge in [-0.05, 0) is 6.92 Å². The fraction of sp³-hybridized carbons (Fsp3) is 0.167. The van der Waals surface area contributed by atoms with E-state index in [1.807, 2.05) is 0 Å². The largest absolute Gasteiger partial charge is 0.491 e. The quantitative estimate of drug-likeness (QED) is 0.478. The molecule has 0 radical (unpaired) electrons. The summed E-state index contributed by atoms with van der Waals surface area (Å²) in [6.45, 7) is 1.46. The second kappa shape index (κ2) is 3.39. The molecule has 0 saturated carbocycles. The maximum absolute atomic E-state index is 12.7. The highest BCUT2D eigenvalue weighted by Crippen LogP contribution is 2.07. The third kappa shape index (κ3) is 1.74. The maximum Gasteiger partial charge on any atom is 0.491 e. The lowest BCUT2D eigenvalue weighted by molar-refractivity contribution is 0.425. The van der Waals surface area contributed by atoms with E-state index in [0.717, 1.165) is 0 Å². The van der Waals surface area contributed by atoms with Crippen molar-refractivity contribution in [3.05, 3.63) is 22.7 Å². The highest BCUT2D eigenvalue weighted by atomic mass is 35.5. The van der Waals surface area contributed by atoms with E-state index in [0.29, 0.717) is 0 Å². The molecule has 0 aliphatic carbocycles. The van der Waals surface area contributed by atoms with Gasteiger partial charge in [0.25, 0.3) is 0 Å². The van der Waals surface area contributed by atoms with Gasteiger partial charge in [0.1, 0.15) is 5.15 Å². The van der Waals surface area contributed by atoms with Crippen LogP contribution >= 0.6 is 11.6 Å². The molecule has 1 aromatic rings. The lowest BCUT2D eigenvalue weighted by atomic mass is 9.81. The van der Waals surface area contributed by atoms with Gasteiger partial charge < -0.3 is 10.0 Å². The molecule has 0 fully saturated rings. The Kier molecular flexibility index (Phi) is 2.67. The molecule has 0 spiro atoms. The van der Waals surface area contributed by atoms with Crippen LogP contribution in [0.3, 0.4) is 0 Å². The predicted octanol–water partition coefficient (Wildman–Crippen LogP) is -0.138. The van der Waals surface area contributed by atoms with Gasteiger partial charge >= 0.3 is 7.12 Å². The molecule has 0 aliphatic heterocycles. The zero-order valence-corrected chi connectivity index (χ0v) is 7.01. The third-order valence-corrected chi connectivity index (χ3v) is 1.71. The van der Waals surface area contributed by atoms with Crippen molar-refractivity contribution >= 4 is 24.2 Å². The SMILES string of the molecule is Cc1cc(B(O)O)c(Cl)nc1F. The number of aryl methyl sites for hydroxylation is 1. The van der Waals surface area contributed by atoms with Crippen LogP contribution in [0, 0.1) is 12.9 Å². The summed E-state index contributed by atoms with van der Waals surface area (Å²) in [5.74, 6) is -0.704. The minimum absolute atomic E-state index is 0.00978. The first-order valence-corrected chi connectivity index (χ1v) is 3.59. The van der Waals surface area contributed by atoms with Crippen molar-refractivity contribution in [1.29, 1.82) is 0 Å². The fourth-order valence-corrected chi connectivity index (χ4v) is 0.999. The van der Waals surface area contributed by atoms with Crippen LogP contribution in [-0.2, 0) is 0 Å². The van der Waals surface area contributed by atoms with Crippen LogP contribution in [0.25, 0.3) is 0 Å². The molecule has 6 heteroatoms. The van der Waals surface area contributed by atoms with Crippen LogP contribution in [-0.4, -0.2) is 22.2 Å². The summed E-state index contributed by atoms with van der Waals surface area (Å²) < 4.78 is 12.7. The van der Waals surface area contributed by atoms with E-state index in [4.69, 9.17) is 21.6 Å². The van der Waals surface area contributed by atoms with Gasteiger partial charge in [0, 0.05) is 11.0 Å². The van der Waals surface area contributed by atoms with E-state index in [1.54, 1.807) is 0 Å². The number of aromatic nitrogens is 1. The first-order chi connectivity index (χ1) is 5.52. The van der Waals surface area contributed by atoms with Gasteiger partial charge in [0.15, 0.2) is 0 Å². The minimum atomic E-state index is -1.72. The summed E-state index contributed by atoms with van der Waals surface area (Å²) in [5.41, 5.74) is 0.234. The van der Waals surface area contributed by atoms with E-state index in [1.165, 1.54) is 13.0 Å². The lowest BCUT2D eigenvalue weighted by Crippen LogP contribution is -2.32. The van der Waals surface area contributed by atoms with E-state index in [2.05, 4.69) is 4.98 Å². The Hall–Kier alpha value is -0.645. The maximum atomic E-state index is 12.7.